The monoisotopic (exact) mass is 433 g/mol. The molecule has 0 bridgehead atoms. The molecule has 1 aromatic heterocycles. The Morgan fingerprint density at radius 3 is 2.61 bits per heavy atom. The zero-order chi connectivity index (χ0) is 21.8. The van der Waals surface area contributed by atoms with Gasteiger partial charge in [-0.1, -0.05) is 24.1 Å². The van der Waals surface area contributed by atoms with E-state index in [2.05, 4.69) is 11.1 Å². The quantitative estimate of drug-likeness (QED) is 0.521. The summed E-state index contributed by atoms with van der Waals surface area (Å²) in [6.45, 7) is 0.323. The Bertz CT molecular complexity index is 1140. The summed E-state index contributed by atoms with van der Waals surface area (Å²) in [5.74, 6) is 1.74. The molecule has 1 heterocycles. The highest BCUT2D eigenvalue weighted by atomic mass is 35.5. The molecule has 1 aliphatic rings. The predicted octanol–water partition coefficient (Wildman–Crippen LogP) is 5.71. The lowest BCUT2D eigenvalue weighted by molar-refractivity contribution is 0.297. The van der Waals surface area contributed by atoms with Gasteiger partial charge >= 0.3 is 0 Å². The highest BCUT2D eigenvalue weighted by Gasteiger charge is 2.22. The van der Waals surface area contributed by atoms with E-state index >= 15 is 0 Å². The van der Waals surface area contributed by atoms with Gasteiger partial charge in [0.25, 0.3) is 0 Å². The van der Waals surface area contributed by atoms with Crippen molar-refractivity contribution >= 4 is 17.4 Å². The Balaban J connectivity index is 1.76. The van der Waals surface area contributed by atoms with Gasteiger partial charge in [-0.05, 0) is 73.2 Å². The van der Waals surface area contributed by atoms with Crippen LogP contribution in [0.2, 0.25) is 5.02 Å². The van der Waals surface area contributed by atoms with Crippen LogP contribution in [0.5, 0.6) is 11.5 Å². The van der Waals surface area contributed by atoms with Crippen molar-refractivity contribution in [3.05, 3.63) is 69.9 Å². The van der Waals surface area contributed by atoms with Gasteiger partial charge in [0.15, 0.2) is 0 Å². The van der Waals surface area contributed by atoms with E-state index in [0.717, 1.165) is 71.6 Å². The summed E-state index contributed by atoms with van der Waals surface area (Å²) in [6.07, 6.45) is 5.11. The summed E-state index contributed by atoms with van der Waals surface area (Å²) >= 11 is 5.96. The number of nitriles is 1. The van der Waals surface area contributed by atoms with E-state index in [9.17, 15) is 5.26 Å². The van der Waals surface area contributed by atoms with Crippen LogP contribution in [-0.4, -0.2) is 12.1 Å². The molecule has 3 aromatic rings. The van der Waals surface area contributed by atoms with E-state index < -0.39 is 0 Å². The highest BCUT2D eigenvalue weighted by molar-refractivity contribution is 6.30. The van der Waals surface area contributed by atoms with Crippen molar-refractivity contribution in [2.75, 3.05) is 12.8 Å². The lowest BCUT2D eigenvalue weighted by Gasteiger charge is -2.18. The maximum absolute atomic E-state index is 9.85. The van der Waals surface area contributed by atoms with Crippen molar-refractivity contribution in [1.29, 1.82) is 5.26 Å². The molecule has 1 aliphatic carbocycles. The number of aromatic nitrogens is 1. The van der Waals surface area contributed by atoms with Gasteiger partial charge in [-0.2, -0.15) is 5.26 Å². The van der Waals surface area contributed by atoms with E-state index in [1.165, 1.54) is 0 Å². The number of anilines is 1. The van der Waals surface area contributed by atoms with Crippen LogP contribution < -0.4 is 15.2 Å². The molecule has 5 nitrogen and oxygen atoms in total. The topological polar surface area (TPSA) is 81.2 Å². The predicted molar refractivity (Wildman–Crippen MR) is 122 cm³/mol. The van der Waals surface area contributed by atoms with E-state index in [0.29, 0.717) is 23.0 Å². The molecule has 158 valence electrons. The number of methoxy groups -OCH3 is 1. The first-order chi connectivity index (χ1) is 15.1. The number of aryl methyl sites for hydroxylation is 1. The van der Waals surface area contributed by atoms with Crippen LogP contribution in [0.3, 0.4) is 0 Å². The molecule has 0 unspecified atom stereocenters. The molecule has 2 aromatic carbocycles. The number of ether oxygens (including phenoxy) is 2. The fraction of sp³-hybridized carbons (Fsp3) is 0.280. The van der Waals surface area contributed by atoms with Crippen molar-refractivity contribution < 1.29 is 9.47 Å². The van der Waals surface area contributed by atoms with Gasteiger partial charge < -0.3 is 15.2 Å². The molecular weight excluding hydrogens is 410 g/mol. The SMILES string of the molecule is COc1ccc(-c2c(C#N)c(N)nc3c2CCCCC3)cc1COc1ccc(Cl)cc1. The normalized spacial score (nSPS) is 13.1. The smallest absolute Gasteiger partial charge is 0.142 e. The number of pyridine rings is 1. The maximum Gasteiger partial charge on any atom is 0.142 e. The van der Waals surface area contributed by atoms with Crippen LogP contribution in [-0.2, 0) is 19.4 Å². The van der Waals surface area contributed by atoms with Crippen molar-refractivity contribution in [1.82, 2.24) is 4.98 Å². The zero-order valence-corrected chi connectivity index (χ0v) is 18.2. The first-order valence-electron chi connectivity index (χ1n) is 10.4. The fourth-order valence-electron chi connectivity index (χ4n) is 4.11. The Labute approximate surface area is 187 Å². The molecular formula is C25H24ClN3O2. The van der Waals surface area contributed by atoms with Crippen LogP contribution in [0.15, 0.2) is 42.5 Å². The summed E-state index contributed by atoms with van der Waals surface area (Å²) in [5, 5.41) is 10.5. The van der Waals surface area contributed by atoms with Crippen LogP contribution in [0.4, 0.5) is 5.82 Å². The molecule has 2 N–H and O–H groups in total. The molecule has 0 fully saturated rings. The number of nitrogens with zero attached hydrogens (tertiary/aromatic N) is 2. The number of hydrogen-bond donors (Lipinski definition) is 1. The standard InChI is InChI=1S/C25H24ClN3O2/c1-30-23-12-7-16(13-17(23)15-31-19-10-8-18(26)9-11-19)24-20-5-3-2-4-6-22(20)29-25(28)21(24)14-27/h7-13H,2-6,15H2,1H3,(H2,28,29). The minimum absolute atomic E-state index is 0.299. The highest BCUT2D eigenvalue weighted by Crippen LogP contribution is 2.37. The molecule has 0 saturated heterocycles. The second kappa shape index (κ2) is 9.28. The van der Waals surface area contributed by atoms with E-state index in [4.69, 9.17) is 26.8 Å². The van der Waals surface area contributed by atoms with Gasteiger partial charge in [0.1, 0.15) is 35.6 Å². The van der Waals surface area contributed by atoms with E-state index in [1.807, 2.05) is 30.3 Å². The zero-order valence-electron chi connectivity index (χ0n) is 17.5. The Morgan fingerprint density at radius 1 is 1.10 bits per heavy atom. The minimum atomic E-state index is 0.299. The average molecular weight is 434 g/mol. The van der Waals surface area contributed by atoms with Gasteiger partial charge in [0.05, 0.1) is 7.11 Å². The van der Waals surface area contributed by atoms with Gasteiger partial charge in [0.2, 0.25) is 0 Å². The summed E-state index contributed by atoms with van der Waals surface area (Å²) < 4.78 is 11.5. The van der Waals surface area contributed by atoms with Crippen molar-refractivity contribution in [2.45, 2.75) is 38.7 Å². The lowest BCUT2D eigenvalue weighted by Crippen LogP contribution is -2.07. The average Bonchev–Trinajstić information content (AvgIpc) is 3.02. The van der Waals surface area contributed by atoms with Crippen LogP contribution in [0, 0.1) is 11.3 Å². The second-order valence-corrected chi connectivity index (χ2v) is 8.05. The first kappa shape index (κ1) is 21.0. The lowest BCUT2D eigenvalue weighted by atomic mass is 9.91. The van der Waals surface area contributed by atoms with Crippen LogP contribution in [0.25, 0.3) is 11.1 Å². The van der Waals surface area contributed by atoms with Crippen molar-refractivity contribution in [2.24, 2.45) is 0 Å². The third kappa shape index (κ3) is 4.45. The second-order valence-electron chi connectivity index (χ2n) is 7.61. The summed E-state index contributed by atoms with van der Waals surface area (Å²) in [5.41, 5.74) is 11.5. The number of hydrogen-bond acceptors (Lipinski definition) is 5. The van der Waals surface area contributed by atoms with Crippen molar-refractivity contribution in [3.8, 4) is 28.7 Å². The summed E-state index contributed by atoms with van der Waals surface area (Å²) in [7, 11) is 1.64. The number of nitrogens with two attached hydrogens (primary N) is 1. The number of benzene rings is 2. The molecule has 31 heavy (non-hydrogen) atoms. The maximum atomic E-state index is 9.85. The third-order valence-corrected chi connectivity index (χ3v) is 5.89. The Morgan fingerprint density at radius 2 is 1.87 bits per heavy atom. The Hall–Kier alpha value is -3.23. The molecule has 6 heteroatoms. The van der Waals surface area contributed by atoms with Crippen LogP contribution in [0.1, 0.15) is 41.6 Å². The van der Waals surface area contributed by atoms with Crippen LogP contribution >= 0.6 is 11.6 Å². The molecule has 0 saturated carbocycles. The summed E-state index contributed by atoms with van der Waals surface area (Å²) in [6, 6.07) is 15.4. The molecule has 0 atom stereocenters. The van der Waals surface area contributed by atoms with Gasteiger partial charge in [0, 0.05) is 21.8 Å². The molecule has 0 aliphatic heterocycles. The van der Waals surface area contributed by atoms with E-state index in [-0.39, 0.29) is 0 Å². The largest absolute Gasteiger partial charge is 0.496 e. The van der Waals surface area contributed by atoms with Gasteiger partial charge in [-0.3, -0.25) is 0 Å². The first-order valence-corrected chi connectivity index (χ1v) is 10.8. The van der Waals surface area contributed by atoms with Gasteiger partial charge in [-0.15, -0.1) is 0 Å². The number of halogens is 1. The molecule has 0 spiro atoms. The third-order valence-electron chi connectivity index (χ3n) is 5.64. The number of rotatable bonds is 5. The number of fused-ring (bicyclic) bond motifs is 1. The van der Waals surface area contributed by atoms with E-state index in [1.54, 1.807) is 19.2 Å². The fourth-order valence-corrected chi connectivity index (χ4v) is 4.24. The Kier molecular flexibility index (Phi) is 6.29. The molecule has 0 amide bonds. The molecule has 0 radical (unpaired) electrons. The molecule has 4 rings (SSSR count). The summed E-state index contributed by atoms with van der Waals surface area (Å²) in [4.78, 5) is 4.57. The minimum Gasteiger partial charge on any atom is -0.496 e. The van der Waals surface area contributed by atoms with Gasteiger partial charge in [-0.25, -0.2) is 4.98 Å². The number of nitrogen functional groups attached to an aromatic ring is 1. The van der Waals surface area contributed by atoms with Crippen molar-refractivity contribution in [3.63, 3.8) is 0 Å².